The summed E-state index contributed by atoms with van der Waals surface area (Å²) in [5.74, 6) is -0.585. The van der Waals surface area contributed by atoms with Crippen LogP contribution in [-0.4, -0.2) is 30.1 Å². The molecule has 5 rings (SSSR count). The zero-order valence-corrected chi connectivity index (χ0v) is 27.3. The van der Waals surface area contributed by atoms with Gasteiger partial charge in [-0.05, 0) is 84.3 Å². The second kappa shape index (κ2) is 15.8. The normalized spacial score (nSPS) is 11.7. The number of hydrogen-bond acceptors (Lipinski definition) is 5. The van der Waals surface area contributed by atoms with Crippen LogP contribution in [0.15, 0.2) is 138 Å². The fourth-order valence-electron chi connectivity index (χ4n) is 4.60. The number of methoxy groups -OCH3 is 1. The number of rotatable bonds is 11. The van der Waals surface area contributed by atoms with E-state index in [-0.39, 0.29) is 11.6 Å². The van der Waals surface area contributed by atoms with Crippen LogP contribution in [-0.2, 0) is 9.59 Å². The maximum absolute atomic E-state index is 13.5. The van der Waals surface area contributed by atoms with Crippen LogP contribution in [0.25, 0.3) is 17.2 Å². The SMILES string of the molecule is COc1ccc(Cl)cc1NC(=O)C(C)Sc1ccc(NC(=O)/C(=C/c2ccc(-c3ccccc3)cc2)NC(=O)c2ccccc2)cc1. The van der Waals surface area contributed by atoms with Crippen LogP contribution >= 0.6 is 23.4 Å². The molecule has 7 nitrogen and oxygen atoms in total. The molecule has 47 heavy (non-hydrogen) atoms. The highest BCUT2D eigenvalue weighted by Gasteiger charge is 2.18. The van der Waals surface area contributed by atoms with Crippen LogP contribution in [0.3, 0.4) is 0 Å². The standard InChI is InChI=1S/C38H32ClN3O4S/c1-25(36(43)41-33-24-30(39)17-22-35(33)46-2)47-32-20-18-31(19-21-32)40-38(45)34(42-37(44)29-11-7-4-8-12-29)23-26-13-15-28(16-14-26)27-9-5-3-6-10-27/h3-25H,1-2H3,(H,40,45)(H,41,43)(H,42,44)/b34-23-. The summed E-state index contributed by atoms with van der Waals surface area (Å²) in [7, 11) is 1.52. The number of halogens is 1. The Morgan fingerprint density at radius 1 is 0.766 bits per heavy atom. The highest BCUT2D eigenvalue weighted by molar-refractivity contribution is 8.00. The van der Waals surface area contributed by atoms with Crippen molar-refractivity contribution in [3.8, 4) is 16.9 Å². The molecule has 5 aromatic rings. The number of anilines is 2. The third-order valence-electron chi connectivity index (χ3n) is 7.07. The molecule has 0 aliphatic heterocycles. The van der Waals surface area contributed by atoms with E-state index in [9.17, 15) is 14.4 Å². The van der Waals surface area contributed by atoms with E-state index in [4.69, 9.17) is 16.3 Å². The highest BCUT2D eigenvalue weighted by atomic mass is 35.5. The highest BCUT2D eigenvalue weighted by Crippen LogP contribution is 2.30. The molecular formula is C38H32ClN3O4S. The maximum atomic E-state index is 13.5. The van der Waals surface area contributed by atoms with Crippen LogP contribution in [0.4, 0.5) is 11.4 Å². The van der Waals surface area contributed by atoms with Crippen molar-refractivity contribution >= 4 is 58.5 Å². The van der Waals surface area contributed by atoms with Crippen molar-refractivity contribution < 1.29 is 19.1 Å². The number of nitrogens with one attached hydrogen (secondary N) is 3. The summed E-state index contributed by atoms with van der Waals surface area (Å²) >= 11 is 7.45. The van der Waals surface area contributed by atoms with Crippen molar-refractivity contribution in [2.24, 2.45) is 0 Å². The average Bonchev–Trinajstić information content (AvgIpc) is 3.10. The second-order valence-electron chi connectivity index (χ2n) is 10.4. The quantitative estimate of drug-likeness (QED) is 0.0974. The van der Waals surface area contributed by atoms with Gasteiger partial charge in [0.2, 0.25) is 5.91 Å². The first-order chi connectivity index (χ1) is 22.8. The smallest absolute Gasteiger partial charge is 0.272 e. The van der Waals surface area contributed by atoms with Crippen LogP contribution in [0.2, 0.25) is 5.02 Å². The minimum Gasteiger partial charge on any atom is -0.495 e. The lowest BCUT2D eigenvalue weighted by molar-refractivity contribution is -0.115. The third kappa shape index (κ3) is 9.13. The number of ether oxygens (including phenoxy) is 1. The Morgan fingerprint density at radius 2 is 1.40 bits per heavy atom. The van der Waals surface area contributed by atoms with Crippen molar-refractivity contribution in [2.45, 2.75) is 17.1 Å². The van der Waals surface area contributed by atoms with Crippen molar-refractivity contribution in [3.63, 3.8) is 0 Å². The molecule has 0 fully saturated rings. The fraction of sp³-hybridized carbons (Fsp3) is 0.0789. The Labute approximate surface area is 283 Å². The Hall–Kier alpha value is -5.31. The molecule has 0 heterocycles. The summed E-state index contributed by atoms with van der Waals surface area (Å²) in [5.41, 5.74) is 4.40. The van der Waals surface area contributed by atoms with Crippen LogP contribution in [0.5, 0.6) is 5.75 Å². The van der Waals surface area contributed by atoms with E-state index >= 15 is 0 Å². The van der Waals surface area contributed by atoms with E-state index in [2.05, 4.69) is 16.0 Å². The predicted octanol–water partition coefficient (Wildman–Crippen LogP) is 8.54. The van der Waals surface area contributed by atoms with E-state index in [1.165, 1.54) is 18.9 Å². The monoisotopic (exact) mass is 661 g/mol. The predicted molar refractivity (Wildman–Crippen MR) is 191 cm³/mol. The molecule has 0 saturated carbocycles. The van der Waals surface area contributed by atoms with E-state index < -0.39 is 17.1 Å². The number of amides is 3. The molecule has 0 aliphatic rings. The van der Waals surface area contributed by atoms with Crippen molar-refractivity contribution in [2.75, 3.05) is 17.7 Å². The first kappa shape index (κ1) is 33.1. The lowest BCUT2D eigenvalue weighted by Crippen LogP contribution is -2.30. The number of carbonyl (C=O) groups is 3. The molecular weight excluding hydrogens is 630 g/mol. The van der Waals surface area contributed by atoms with Gasteiger partial charge in [0.15, 0.2) is 0 Å². The largest absolute Gasteiger partial charge is 0.495 e. The Kier molecular flexibility index (Phi) is 11.1. The maximum Gasteiger partial charge on any atom is 0.272 e. The molecule has 0 bridgehead atoms. The van der Waals surface area contributed by atoms with E-state index in [1.807, 2.05) is 72.8 Å². The molecule has 3 amide bonds. The molecule has 0 spiro atoms. The van der Waals surface area contributed by atoms with Crippen LogP contribution in [0.1, 0.15) is 22.8 Å². The van der Waals surface area contributed by atoms with Gasteiger partial charge in [-0.1, -0.05) is 84.4 Å². The first-order valence-electron chi connectivity index (χ1n) is 14.7. The number of thioether (sulfide) groups is 1. The average molecular weight is 662 g/mol. The molecule has 0 aromatic heterocycles. The lowest BCUT2D eigenvalue weighted by Gasteiger charge is -2.15. The van der Waals surface area contributed by atoms with Gasteiger partial charge in [0.1, 0.15) is 11.4 Å². The second-order valence-corrected chi connectivity index (χ2v) is 12.3. The molecule has 0 radical (unpaired) electrons. The molecule has 0 aliphatic carbocycles. The van der Waals surface area contributed by atoms with Gasteiger partial charge in [-0.2, -0.15) is 0 Å². The summed E-state index contributed by atoms with van der Waals surface area (Å²) in [6, 6.07) is 38.6. The summed E-state index contributed by atoms with van der Waals surface area (Å²) in [5, 5.41) is 8.56. The summed E-state index contributed by atoms with van der Waals surface area (Å²) in [4.78, 5) is 40.2. The van der Waals surface area contributed by atoms with Crippen LogP contribution in [0, 0.1) is 0 Å². The van der Waals surface area contributed by atoms with E-state index in [0.717, 1.165) is 21.6 Å². The van der Waals surface area contributed by atoms with Gasteiger partial charge in [-0.25, -0.2) is 0 Å². The van der Waals surface area contributed by atoms with Gasteiger partial charge in [-0.15, -0.1) is 11.8 Å². The molecule has 1 unspecified atom stereocenters. The Balaban J connectivity index is 1.28. The van der Waals surface area contributed by atoms with Gasteiger partial charge in [0.25, 0.3) is 11.8 Å². The molecule has 0 saturated heterocycles. The minimum absolute atomic E-state index is 0.0894. The lowest BCUT2D eigenvalue weighted by atomic mass is 10.0. The number of benzene rings is 5. The molecule has 9 heteroatoms. The van der Waals surface area contributed by atoms with Crippen molar-refractivity contribution in [1.29, 1.82) is 0 Å². The number of carbonyl (C=O) groups excluding carboxylic acids is 3. The Morgan fingerprint density at radius 3 is 2.06 bits per heavy atom. The first-order valence-corrected chi connectivity index (χ1v) is 16.0. The zero-order chi connectivity index (χ0) is 33.2. The van der Waals surface area contributed by atoms with Crippen molar-refractivity contribution in [1.82, 2.24) is 5.32 Å². The zero-order valence-electron chi connectivity index (χ0n) is 25.7. The van der Waals surface area contributed by atoms with Gasteiger partial charge < -0.3 is 20.7 Å². The van der Waals surface area contributed by atoms with Gasteiger partial charge in [-0.3, -0.25) is 14.4 Å². The van der Waals surface area contributed by atoms with Gasteiger partial charge in [0, 0.05) is 21.2 Å². The van der Waals surface area contributed by atoms with Gasteiger partial charge >= 0.3 is 0 Å². The minimum atomic E-state index is -0.481. The third-order valence-corrected chi connectivity index (χ3v) is 8.42. The molecule has 236 valence electrons. The Bertz CT molecular complexity index is 1880. The summed E-state index contributed by atoms with van der Waals surface area (Å²) in [6.07, 6.45) is 1.64. The molecule has 3 N–H and O–H groups in total. The van der Waals surface area contributed by atoms with E-state index in [1.54, 1.807) is 67.6 Å². The molecule has 5 aromatic carbocycles. The topological polar surface area (TPSA) is 96.5 Å². The number of hydrogen-bond donors (Lipinski definition) is 3. The van der Waals surface area contributed by atoms with Gasteiger partial charge in [0.05, 0.1) is 18.0 Å². The van der Waals surface area contributed by atoms with Crippen LogP contribution < -0.4 is 20.7 Å². The molecule has 1 atom stereocenters. The summed E-state index contributed by atoms with van der Waals surface area (Å²) in [6.45, 7) is 1.80. The van der Waals surface area contributed by atoms with E-state index in [0.29, 0.717) is 27.7 Å². The van der Waals surface area contributed by atoms with Crippen molar-refractivity contribution in [3.05, 3.63) is 149 Å². The summed E-state index contributed by atoms with van der Waals surface area (Å²) < 4.78 is 5.32. The fourth-order valence-corrected chi connectivity index (χ4v) is 5.64.